The number of nitrogens with one attached hydrogen (secondary N) is 3. The molecule has 13 heteroatoms. The van der Waals surface area contributed by atoms with Gasteiger partial charge in [0.2, 0.25) is 11.8 Å². The molecule has 1 heterocycles. The topological polar surface area (TPSA) is 169 Å². The lowest BCUT2D eigenvalue weighted by molar-refractivity contribution is -0.147. The SMILES string of the molecule is COC(=O)[C@@H](NC(=O)[C@H](Cc1ccccc1)N1C(=O)O[C@@H](CNC(=O)[C@H](C)NC(=O)OC(C)(C)C)C1=O)C(C)C. The Morgan fingerprint density at radius 1 is 1.00 bits per heavy atom. The molecular weight excluding hydrogens is 524 g/mol. The van der Waals surface area contributed by atoms with E-state index in [-0.39, 0.29) is 12.3 Å². The van der Waals surface area contributed by atoms with E-state index in [1.807, 2.05) is 0 Å². The van der Waals surface area contributed by atoms with Crippen LogP contribution in [0.4, 0.5) is 9.59 Å². The lowest BCUT2D eigenvalue weighted by Crippen LogP contribution is -2.56. The molecule has 0 unspecified atom stereocenters. The number of benzene rings is 1. The van der Waals surface area contributed by atoms with Crippen molar-refractivity contribution in [2.45, 2.75) is 77.8 Å². The first-order valence-electron chi connectivity index (χ1n) is 12.9. The van der Waals surface area contributed by atoms with E-state index in [0.29, 0.717) is 10.5 Å². The second-order valence-corrected chi connectivity index (χ2v) is 10.7. The monoisotopic (exact) mass is 562 g/mol. The van der Waals surface area contributed by atoms with Crippen LogP contribution in [-0.4, -0.2) is 84.3 Å². The maximum Gasteiger partial charge on any atom is 0.418 e. The molecule has 4 atom stereocenters. The lowest BCUT2D eigenvalue weighted by atomic mass is 10.0. The quantitative estimate of drug-likeness (QED) is 0.266. The van der Waals surface area contributed by atoms with Crippen molar-refractivity contribution >= 4 is 35.9 Å². The zero-order chi connectivity index (χ0) is 30.2. The summed E-state index contributed by atoms with van der Waals surface area (Å²) >= 11 is 0. The van der Waals surface area contributed by atoms with Crippen LogP contribution in [0, 0.1) is 5.92 Å². The summed E-state index contributed by atoms with van der Waals surface area (Å²) in [4.78, 5) is 76.8. The van der Waals surface area contributed by atoms with E-state index in [9.17, 15) is 28.8 Å². The van der Waals surface area contributed by atoms with E-state index in [4.69, 9.17) is 14.2 Å². The van der Waals surface area contributed by atoms with Crippen LogP contribution in [0.25, 0.3) is 0 Å². The molecule has 1 aromatic rings. The summed E-state index contributed by atoms with van der Waals surface area (Å²) < 4.78 is 15.1. The highest BCUT2D eigenvalue weighted by atomic mass is 16.6. The fraction of sp³-hybridized carbons (Fsp3) is 0.556. The van der Waals surface area contributed by atoms with E-state index >= 15 is 0 Å². The van der Waals surface area contributed by atoms with Gasteiger partial charge in [0.05, 0.1) is 13.7 Å². The molecule has 220 valence electrons. The lowest BCUT2D eigenvalue weighted by Gasteiger charge is -2.27. The van der Waals surface area contributed by atoms with Crippen molar-refractivity contribution < 1.29 is 43.0 Å². The first kappa shape index (κ1) is 32.1. The predicted octanol–water partition coefficient (Wildman–Crippen LogP) is 1.29. The number of cyclic esters (lactones) is 1. The van der Waals surface area contributed by atoms with Gasteiger partial charge in [0.15, 0.2) is 6.10 Å². The van der Waals surface area contributed by atoms with Crippen LogP contribution >= 0.6 is 0 Å². The van der Waals surface area contributed by atoms with Gasteiger partial charge in [-0.3, -0.25) is 14.4 Å². The van der Waals surface area contributed by atoms with Gasteiger partial charge in [0.1, 0.15) is 23.7 Å². The first-order valence-corrected chi connectivity index (χ1v) is 12.9. The Morgan fingerprint density at radius 3 is 2.17 bits per heavy atom. The Morgan fingerprint density at radius 2 is 1.62 bits per heavy atom. The summed E-state index contributed by atoms with van der Waals surface area (Å²) in [6.45, 7) is 9.46. The normalized spacial score (nSPS) is 17.4. The third-order valence-corrected chi connectivity index (χ3v) is 5.85. The predicted molar refractivity (Wildman–Crippen MR) is 142 cm³/mol. The highest BCUT2D eigenvalue weighted by Gasteiger charge is 2.47. The van der Waals surface area contributed by atoms with Crippen molar-refractivity contribution in [3.05, 3.63) is 35.9 Å². The molecule has 1 aromatic carbocycles. The van der Waals surface area contributed by atoms with E-state index in [1.54, 1.807) is 65.0 Å². The third-order valence-electron chi connectivity index (χ3n) is 5.85. The van der Waals surface area contributed by atoms with Crippen molar-refractivity contribution in [3.8, 4) is 0 Å². The number of ether oxygens (including phenoxy) is 3. The van der Waals surface area contributed by atoms with E-state index in [2.05, 4.69) is 16.0 Å². The van der Waals surface area contributed by atoms with Gasteiger partial charge in [0.25, 0.3) is 5.91 Å². The largest absolute Gasteiger partial charge is 0.467 e. The Hall–Kier alpha value is -4.16. The Kier molecular flexibility index (Phi) is 11.0. The van der Waals surface area contributed by atoms with Crippen LogP contribution in [0.3, 0.4) is 0 Å². The van der Waals surface area contributed by atoms with Crippen LogP contribution in [0.5, 0.6) is 0 Å². The highest BCUT2D eigenvalue weighted by molar-refractivity contribution is 6.05. The molecule has 5 amide bonds. The summed E-state index contributed by atoms with van der Waals surface area (Å²) in [5, 5.41) is 7.41. The minimum Gasteiger partial charge on any atom is -0.467 e. The number of hydrogen-bond donors (Lipinski definition) is 3. The molecule has 0 spiro atoms. The summed E-state index contributed by atoms with van der Waals surface area (Å²) in [5.41, 5.74) is -0.107. The third kappa shape index (κ3) is 8.95. The smallest absolute Gasteiger partial charge is 0.418 e. The fourth-order valence-corrected chi connectivity index (χ4v) is 3.79. The molecule has 1 saturated heterocycles. The van der Waals surface area contributed by atoms with Crippen molar-refractivity contribution in [2.24, 2.45) is 5.92 Å². The number of carbonyl (C=O) groups excluding carboxylic acids is 6. The fourth-order valence-electron chi connectivity index (χ4n) is 3.79. The number of hydrogen-bond acceptors (Lipinski definition) is 9. The van der Waals surface area contributed by atoms with E-state index in [0.717, 1.165) is 0 Å². The summed E-state index contributed by atoms with van der Waals surface area (Å²) in [6, 6.07) is 5.33. The molecule has 0 bridgehead atoms. The van der Waals surface area contributed by atoms with Crippen molar-refractivity contribution in [3.63, 3.8) is 0 Å². The number of carbonyl (C=O) groups is 6. The van der Waals surface area contributed by atoms with Gasteiger partial charge in [0, 0.05) is 6.42 Å². The molecule has 3 N–H and O–H groups in total. The summed E-state index contributed by atoms with van der Waals surface area (Å²) in [6.07, 6.45) is -3.32. The van der Waals surface area contributed by atoms with Crippen LogP contribution in [0.15, 0.2) is 30.3 Å². The van der Waals surface area contributed by atoms with Crippen molar-refractivity contribution in [1.29, 1.82) is 0 Å². The average molecular weight is 563 g/mol. The molecular formula is C27H38N4O9. The van der Waals surface area contributed by atoms with Gasteiger partial charge >= 0.3 is 18.2 Å². The maximum atomic E-state index is 13.4. The molecule has 0 radical (unpaired) electrons. The summed E-state index contributed by atoms with van der Waals surface area (Å²) in [7, 11) is 1.19. The minimum absolute atomic E-state index is 0.0462. The van der Waals surface area contributed by atoms with Crippen LogP contribution in [0.1, 0.15) is 47.1 Å². The number of esters is 1. The molecule has 13 nitrogen and oxygen atoms in total. The molecule has 1 aliphatic rings. The standard InChI is InChI=1S/C27H38N4O9/c1-15(2)20(24(35)38-7)30-22(33)18(13-17-11-9-8-10-12-17)31-23(34)19(39-26(31)37)14-28-21(32)16(3)29-25(36)40-27(4,5)6/h8-12,15-16,18-20H,13-14H2,1-7H3,(H,28,32)(H,29,36)(H,30,33)/t16-,18-,19-,20-/m0/s1. The van der Waals surface area contributed by atoms with E-state index < -0.39 is 72.3 Å². The molecule has 0 saturated carbocycles. The Balaban J connectivity index is 2.16. The van der Waals surface area contributed by atoms with Crippen LogP contribution < -0.4 is 16.0 Å². The zero-order valence-corrected chi connectivity index (χ0v) is 23.8. The number of amides is 5. The molecule has 1 fully saturated rings. The second kappa shape index (κ2) is 13.8. The summed E-state index contributed by atoms with van der Waals surface area (Å²) in [5.74, 6) is -3.25. The number of alkyl carbamates (subject to hydrolysis) is 1. The van der Waals surface area contributed by atoms with Crippen molar-refractivity contribution in [2.75, 3.05) is 13.7 Å². The molecule has 2 rings (SSSR count). The Bertz CT molecular complexity index is 1100. The molecule has 0 aliphatic carbocycles. The first-order chi connectivity index (χ1) is 18.6. The molecule has 1 aliphatic heterocycles. The highest BCUT2D eigenvalue weighted by Crippen LogP contribution is 2.20. The number of imide groups is 1. The number of rotatable bonds is 11. The van der Waals surface area contributed by atoms with Crippen LogP contribution in [-0.2, 0) is 39.8 Å². The molecule has 0 aromatic heterocycles. The number of methoxy groups -OCH3 is 1. The van der Waals surface area contributed by atoms with Gasteiger partial charge < -0.3 is 30.2 Å². The minimum atomic E-state index is -1.40. The van der Waals surface area contributed by atoms with Gasteiger partial charge in [-0.25, -0.2) is 19.3 Å². The van der Waals surface area contributed by atoms with Gasteiger partial charge in [-0.15, -0.1) is 0 Å². The average Bonchev–Trinajstić information content (AvgIpc) is 3.15. The van der Waals surface area contributed by atoms with Crippen LogP contribution in [0.2, 0.25) is 0 Å². The van der Waals surface area contributed by atoms with Gasteiger partial charge in [-0.1, -0.05) is 44.2 Å². The zero-order valence-electron chi connectivity index (χ0n) is 23.8. The number of nitrogens with zero attached hydrogens (tertiary/aromatic N) is 1. The van der Waals surface area contributed by atoms with E-state index in [1.165, 1.54) is 14.0 Å². The maximum absolute atomic E-state index is 13.4. The second-order valence-electron chi connectivity index (χ2n) is 10.7. The van der Waals surface area contributed by atoms with Crippen molar-refractivity contribution in [1.82, 2.24) is 20.9 Å². The Labute approximate surface area is 233 Å². The van der Waals surface area contributed by atoms with Gasteiger partial charge in [-0.2, -0.15) is 0 Å². The molecule has 40 heavy (non-hydrogen) atoms. The van der Waals surface area contributed by atoms with Gasteiger partial charge in [-0.05, 0) is 39.2 Å².